The molecule has 0 amide bonds. The molecule has 3 nitrogen and oxygen atoms in total. The van der Waals surface area contributed by atoms with Gasteiger partial charge in [0.05, 0.1) is 5.69 Å². The van der Waals surface area contributed by atoms with Gasteiger partial charge in [-0.05, 0) is 30.4 Å². The zero-order valence-corrected chi connectivity index (χ0v) is 9.57. The topological polar surface area (TPSA) is 43.8 Å². The standard InChI is InChI=1S/C11H15N3S/c1-14-7-6-11(13-14)10(12)5-4-9-3-2-8-15-9/h2-3,6-8,10H,4-5,12H2,1H3. The van der Waals surface area contributed by atoms with Gasteiger partial charge in [-0.2, -0.15) is 5.10 Å². The molecule has 15 heavy (non-hydrogen) atoms. The van der Waals surface area contributed by atoms with E-state index in [1.165, 1.54) is 4.88 Å². The molecule has 80 valence electrons. The first-order valence-electron chi connectivity index (χ1n) is 5.03. The van der Waals surface area contributed by atoms with Gasteiger partial charge in [-0.1, -0.05) is 6.07 Å². The lowest BCUT2D eigenvalue weighted by Crippen LogP contribution is -2.12. The van der Waals surface area contributed by atoms with Gasteiger partial charge in [0, 0.05) is 24.2 Å². The maximum atomic E-state index is 6.05. The molecule has 0 aliphatic carbocycles. The highest BCUT2D eigenvalue weighted by molar-refractivity contribution is 7.09. The van der Waals surface area contributed by atoms with E-state index in [0.717, 1.165) is 18.5 Å². The summed E-state index contributed by atoms with van der Waals surface area (Å²) in [7, 11) is 1.91. The molecule has 2 aromatic heterocycles. The molecule has 0 saturated heterocycles. The predicted molar refractivity (Wildman–Crippen MR) is 62.8 cm³/mol. The number of hydrogen-bond acceptors (Lipinski definition) is 3. The van der Waals surface area contributed by atoms with Gasteiger partial charge >= 0.3 is 0 Å². The third kappa shape index (κ3) is 2.67. The minimum atomic E-state index is 0.0494. The van der Waals surface area contributed by atoms with Crippen LogP contribution in [-0.2, 0) is 13.5 Å². The van der Waals surface area contributed by atoms with Gasteiger partial charge in [0.15, 0.2) is 0 Å². The van der Waals surface area contributed by atoms with E-state index in [2.05, 4.69) is 22.6 Å². The van der Waals surface area contributed by atoms with E-state index in [4.69, 9.17) is 5.73 Å². The lowest BCUT2D eigenvalue weighted by Gasteiger charge is -2.07. The first-order valence-corrected chi connectivity index (χ1v) is 5.91. The second-order valence-electron chi connectivity index (χ2n) is 3.64. The van der Waals surface area contributed by atoms with Crippen LogP contribution in [0.4, 0.5) is 0 Å². The van der Waals surface area contributed by atoms with Crippen LogP contribution in [0.2, 0.25) is 0 Å². The van der Waals surface area contributed by atoms with Crippen molar-refractivity contribution in [2.24, 2.45) is 12.8 Å². The highest BCUT2D eigenvalue weighted by Crippen LogP contribution is 2.17. The quantitative estimate of drug-likeness (QED) is 0.859. The summed E-state index contributed by atoms with van der Waals surface area (Å²) in [5.74, 6) is 0. The molecule has 2 N–H and O–H groups in total. The van der Waals surface area contributed by atoms with E-state index >= 15 is 0 Å². The Morgan fingerprint density at radius 2 is 2.40 bits per heavy atom. The monoisotopic (exact) mass is 221 g/mol. The van der Waals surface area contributed by atoms with Gasteiger partial charge in [-0.15, -0.1) is 11.3 Å². The minimum absolute atomic E-state index is 0.0494. The van der Waals surface area contributed by atoms with Crippen molar-refractivity contribution in [3.8, 4) is 0 Å². The Morgan fingerprint density at radius 1 is 1.53 bits per heavy atom. The van der Waals surface area contributed by atoms with Gasteiger partial charge in [-0.3, -0.25) is 4.68 Å². The fraction of sp³-hybridized carbons (Fsp3) is 0.364. The number of nitrogens with two attached hydrogens (primary N) is 1. The number of aromatic nitrogens is 2. The van der Waals surface area contributed by atoms with E-state index in [1.807, 2.05) is 19.3 Å². The normalized spacial score (nSPS) is 12.9. The molecule has 1 unspecified atom stereocenters. The number of thiophene rings is 1. The maximum absolute atomic E-state index is 6.05. The van der Waals surface area contributed by atoms with Crippen LogP contribution in [0, 0.1) is 0 Å². The average molecular weight is 221 g/mol. The molecule has 0 fully saturated rings. The van der Waals surface area contributed by atoms with Crippen molar-refractivity contribution in [2.45, 2.75) is 18.9 Å². The first-order chi connectivity index (χ1) is 7.25. The molecule has 0 bridgehead atoms. The third-order valence-corrected chi connectivity index (χ3v) is 3.33. The second kappa shape index (κ2) is 4.59. The van der Waals surface area contributed by atoms with Crippen molar-refractivity contribution in [1.29, 1.82) is 0 Å². The van der Waals surface area contributed by atoms with Gasteiger partial charge in [0.2, 0.25) is 0 Å². The Balaban J connectivity index is 1.90. The predicted octanol–water partition coefficient (Wildman–Crippen LogP) is 2.11. The minimum Gasteiger partial charge on any atom is -0.323 e. The van der Waals surface area contributed by atoms with Crippen LogP contribution < -0.4 is 5.73 Å². The summed E-state index contributed by atoms with van der Waals surface area (Å²) in [4.78, 5) is 1.39. The number of hydrogen-bond donors (Lipinski definition) is 1. The Morgan fingerprint density at radius 3 is 3.00 bits per heavy atom. The van der Waals surface area contributed by atoms with Gasteiger partial charge in [0.1, 0.15) is 0 Å². The van der Waals surface area contributed by atoms with E-state index in [1.54, 1.807) is 16.0 Å². The average Bonchev–Trinajstić information content (AvgIpc) is 2.84. The summed E-state index contributed by atoms with van der Waals surface area (Å²) < 4.78 is 1.79. The van der Waals surface area contributed by atoms with E-state index in [-0.39, 0.29) is 6.04 Å². The summed E-state index contributed by atoms with van der Waals surface area (Å²) in [5, 5.41) is 6.40. The van der Waals surface area contributed by atoms with Crippen molar-refractivity contribution in [3.05, 3.63) is 40.3 Å². The van der Waals surface area contributed by atoms with Gasteiger partial charge in [0.25, 0.3) is 0 Å². The van der Waals surface area contributed by atoms with Gasteiger partial charge < -0.3 is 5.73 Å². The van der Waals surface area contributed by atoms with Crippen LogP contribution in [0.15, 0.2) is 29.8 Å². The molecule has 4 heteroatoms. The maximum Gasteiger partial charge on any atom is 0.0791 e. The summed E-state index contributed by atoms with van der Waals surface area (Å²) in [5.41, 5.74) is 7.03. The van der Waals surface area contributed by atoms with Crippen molar-refractivity contribution >= 4 is 11.3 Å². The Labute approximate surface area is 93.5 Å². The Bertz CT molecular complexity index is 405. The molecule has 2 rings (SSSR count). The number of nitrogens with zero attached hydrogens (tertiary/aromatic N) is 2. The number of rotatable bonds is 4. The largest absolute Gasteiger partial charge is 0.323 e. The first kappa shape index (κ1) is 10.4. The molecule has 0 aliphatic rings. The zero-order chi connectivity index (χ0) is 10.7. The SMILES string of the molecule is Cn1ccc(C(N)CCc2cccs2)n1. The molecule has 1 atom stereocenters. The highest BCUT2D eigenvalue weighted by atomic mass is 32.1. The molecular weight excluding hydrogens is 206 g/mol. The van der Waals surface area contributed by atoms with Crippen molar-refractivity contribution in [3.63, 3.8) is 0 Å². The molecular formula is C11H15N3S. The fourth-order valence-corrected chi connectivity index (χ4v) is 2.26. The van der Waals surface area contributed by atoms with Crippen molar-refractivity contribution < 1.29 is 0 Å². The van der Waals surface area contributed by atoms with Gasteiger partial charge in [-0.25, -0.2) is 0 Å². The van der Waals surface area contributed by atoms with Crippen LogP contribution in [0.3, 0.4) is 0 Å². The zero-order valence-electron chi connectivity index (χ0n) is 8.76. The number of aryl methyl sites for hydroxylation is 2. The smallest absolute Gasteiger partial charge is 0.0791 e. The molecule has 0 aromatic carbocycles. The lowest BCUT2D eigenvalue weighted by atomic mass is 10.1. The summed E-state index contributed by atoms with van der Waals surface area (Å²) in [6.45, 7) is 0. The van der Waals surface area contributed by atoms with E-state index in [9.17, 15) is 0 Å². The molecule has 0 spiro atoms. The molecule has 2 aromatic rings. The summed E-state index contributed by atoms with van der Waals surface area (Å²) >= 11 is 1.78. The third-order valence-electron chi connectivity index (χ3n) is 2.40. The van der Waals surface area contributed by atoms with Crippen LogP contribution >= 0.6 is 11.3 Å². The second-order valence-corrected chi connectivity index (χ2v) is 4.67. The lowest BCUT2D eigenvalue weighted by molar-refractivity contribution is 0.616. The van der Waals surface area contributed by atoms with Crippen LogP contribution in [0.5, 0.6) is 0 Å². The Kier molecular flexibility index (Phi) is 3.18. The molecule has 2 heterocycles. The molecule has 0 saturated carbocycles. The van der Waals surface area contributed by atoms with Crippen molar-refractivity contribution in [1.82, 2.24) is 9.78 Å². The van der Waals surface area contributed by atoms with Crippen LogP contribution in [0.1, 0.15) is 23.0 Å². The molecule has 0 aliphatic heterocycles. The van der Waals surface area contributed by atoms with E-state index in [0.29, 0.717) is 0 Å². The van der Waals surface area contributed by atoms with E-state index < -0.39 is 0 Å². The van der Waals surface area contributed by atoms with Crippen LogP contribution in [-0.4, -0.2) is 9.78 Å². The summed E-state index contributed by atoms with van der Waals surface area (Å²) in [6.07, 6.45) is 3.92. The fourth-order valence-electron chi connectivity index (χ4n) is 1.53. The molecule has 0 radical (unpaired) electrons. The highest BCUT2D eigenvalue weighted by Gasteiger charge is 2.08. The van der Waals surface area contributed by atoms with Crippen molar-refractivity contribution in [2.75, 3.05) is 0 Å². The summed E-state index contributed by atoms with van der Waals surface area (Å²) in [6, 6.07) is 6.26. The Hall–Kier alpha value is -1.13. The van der Waals surface area contributed by atoms with Crippen LogP contribution in [0.25, 0.3) is 0 Å².